The summed E-state index contributed by atoms with van der Waals surface area (Å²) in [5.74, 6) is -1.13. The van der Waals surface area contributed by atoms with Crippen LogP contribution >= 0.6 is 0 Å². The van der Waals surface area contributed by atoms with E-state index >= 15 is 0 Å². The molecule has 0 aromatic carbocycles. The van der Waals surface area contributed by atoms with Gasteiger partial charge in [-0.2, -0.15) is 0 Å². The first-order valence-corrected chi connectivity index (χ1v) is 3.45. The van der Waals surface area contributed by atoms with Crippen molar-refractivity contribution in [2.24, 2.45) is 5.92 Å². The molecule has 0 rings (SSSR count). The average Bonchev–Trinajstić information content (AvgIpc) is 1.82. The van der Waals surface area contributed by atoms with Crippen molar-refractivity contribution in [3.63, 3.8) is 0 Å². The average molecular weight is 146 g/mol. The zero-order chi connectivity index (χ0) is 8.15. The zero-order valence-electron chi connectivity index (χ0n) is 6.37. The molecule has 0 aromatic heterocycles. The maximum absolute atomic E-state index is 10.2. The maximum Gasteiger partial charge on any atom is 0.306 e. The van der Waals surface area contributed by atoms with Crippen molar-refractivity contribution in [2.45, 2.75) is 32.8 Å². The summed E-state index contributed by atoms with van der Waals surface area (Å²) in [6.45, 7) is 3.30. The largest absolute Gasteiger partial charge is 0.481 e. The van der Waals surface area contributed by atoms with Gasteiger partial charge in [-0.25, -0.2) is 0 Å². The minimum atomic E-state index is -0.791. The third-order valence-corrected chi connectivity index (χ3v) is 1.44. The van der Waals surface area contributed by atoms with Crippen molar-refractivity contribution >= 4 is 5.97 Å². The highest BCUT2D eigenvalue weighted by Gasteiger charge is 2.10. The predicted octanol–water partition coefficient (Wildman–Crippen LogP) is 0.868. The third-order valence-electron chi connectivity index (χ3n) is 1.44. The number of carbonyl (C=O) groups is 1. The molecule has 10 heavy (non-hydrogen) atoms. The first-order chi connectivity index (χ1) is 4.54. The Morgan fingerprint density at radius 2 is 1.90 bits per heavy atom. The number of aliphatic hydroxyl groups is 1. The Kier molecular flexibility index (Phi) is 4.03. The lowest BCUT2D eigenvalue weighted by atomic mass is 10.0. The fourth-order valence-electron chi connectivity index (χ4n) is 0.615. The molecule has 0 amide bonds. The second-order valence-electron chi connectivity index (χ2n) is 2.67. The Hall–Kier alpha value is -0.570. The van der Waals surface area contributed by atoms with Crippen LogP contribution in [0.5, 0.6) is 0 Å². The molecule has 2 N–H and O–H groups in total. The van der Waals surface area contributed by atoms with Crippen LogP contribution in [0.25, 0.3) is 0 Å². The van der Waals surface area contributed by atoms with Gasteiger partial charge in [0.15, 0.2) is 0 Å². The first-order valence-electron chi connectivity index (χ1n) is 3.45. The van der Waals surface area contributed by atoms with Gasteiger partial charge in [0.05, 0.1) is 12.0 Å². The van der Waals surface area contributed by atoms with Crippen molar-refractivity contribution in [1.82, 2.24) is 0 Å². The van der Waals surface area contributed by atoms with Crippen LogP contribution in [0, 0.1) is 5.92 Å². The summed E-state index contributed by atoms with van der Waals surface area (Å²) in [6, 6.07) is 0. The van der Waals surface area contributed by atoms with E-state index in [1.807, 2.05) is 0 Å². The summed E-state index contributed by atoms with van der Waals surface area (Å²) in [4.78, 5) is 10.2. The number of hydrogen-bond donors (Lipinski definition) is 2. The highest BCUT2D eigenvalue weighted by molar-refractivity contribution is 5.69. The number of hydrogen-bond acceptors (Lipinski definition) is 2. The molecule has 0 bridgehead atoms. The van der Waals surface area contributed by atoms with Gasteiger partial charge in [0.2, 0.25) is 0 Å². The number of aliphatic carboxylic acids is 1. The van der Waals surface area contributed by atoms with Gasteiger partial charge in [-0.3, -0.25) is 4.79 Å². The standard InChI is InChI=1S/C7H14O3/c1-5(7(9)10)3-4-6(2)8/h5-6,8H,3-4H2,1-2H3,(H,9,10)/t5-,6?/m0/s1. The maximum atomic E-state index is 10.2. The van der Waals surface area contributed by atoms with E-state index < -0.39 is 5.97 Å². The number of aliphatic hydroxyl groups excluding tert-OH is 1. The lowest BCUT2D eigenvalue weighted by Crippen LogP contribution is -2.12. The smallest absolute Gasteiger partial charge is 0.306 e. The summed E-state index contributed by atoms with van der Waals surface area (Å²) >= 11 is 0. The van der Waals surface area contributed by atoms with Gasteiger partial charge in [-0.1, -0.05) is 6.92 Å². The van der Waals surface area contributed by atoms with Crippen LogP contribution in [0.15, 0.2) is 0 Å². The zero-order valence-corrected chi connectivity index (χ0v) is 6.37. The van der Waals surface area contributed by atoms with E-state index in [1.165, 1.54) is 0 Å². The van der Waals surface area contributed by atoms with Crippen LogP contribution in [0.3, 0.4) is 0 Å². The van der Waals surface area contributed by atoms with Crippen LogP contribution in [0.1, 0.15) is 26.7 Å². The summed E-state index contributed by atoms with van der Waals surface area (Å²) in [6.07, 6.45) is 0.724. The van der Waals surface area contributed by atoms with Gasteiger partial charge < -0.3 is 10.2 Å². The van der Waals surface area contributed by atoms with E-state index in [1.54, 1.807) is 13.8 Å². The van der Waals surface area contributed by atoms with Gasteiger partial charge in [0.1, 0.15) is 0 Å². The van der Waals surface area contributed by atoms with E-state index in [2.05, 4.69) is 0 Å². The Bertz CT molecular complexity index is 109. The Morgan fingerprint density at radius 3 is 2.20 bits per heavy atom. The molecule has 2 atom stereocenters. The molecule has 0 aliphatic heterocycles. The Labute approximate surface area is 60.7 Å². The van der Waals surface area contributed by atoms with Crippen molar-refractivity contribution < 1.29 is 15.0 Å². The lowest BCUT2D eigenvalue weighted by Gasteiger charge is -2.06. The fraction of sp³-hybridized carbons (Fsp3) is 0.857. The lowest BCUT2D eigenvalue weighted by molar-refractivity contribution is -0.141. The van der Waals surface area contributed by atoms with E-state index in [-0.39, 0.29) is 12.0 Å². The quantitative estimate of drug-likeness (QED) is 0.618. The first kappa shape index (κ1) is 9.43. The fourth-order valence-corrected chi connectivity index (χ4v) is 0.615. The highest BCUT2D eigenvalue weighted by atomic mass is 16.4. The van der Waals surface area contributed by atoms with Crippen LogP contribution in [-0.2, 0) is 4.79 Å². The Morgan fingerprint density at radius 1 is 1.40 bits per heavy atom. The number of carboxylic acids is 1. The normalized spacial score (nSPS) is 16.3. The molecule has 0 radical (unpaired) electrons. The Balaban J connectivity index is 3.40. The molecule has 0 aliphatic rings. The summed E-state index contributed by atoms with van der Waals surface area (Å²) in [7, 11) is 0. The molecule has 60 valence electrons. The van der Waals surface area contributed by atoms with E-state index in [0.717, 1.165) is 0 Å². The second kappa shape index (κ2) is 4.28. The van der Waals surface area contributed by atoms with E-state index in [9.17, 15) is 4.79 Å². The summed E-state index contributed by atoms with van der Waals surface area (Å²) < 4.78 is 0. The summed E-state index contributed by atoms with van der Waals surface area (Å²) in [5, 5.41) is 17.2. The second-order valence-corrected chi connectivity index (χ2v) is 2.67. The predicted molar refractivity (Wildman–Crippen MR) is 37.7 cm³/mol. The van der Waals surface area contributed by atoms with Crippen LogP contribution in [-0.4, -0.2) is 22.3 Å². The van der Waals surface area contributed by atoms with Crippen molar-refractivity contribution in [3.8, 4) is 0 Å². The van der Waals surface area contributed by atoms with Crippen LogP contribution in [0.2, 0.25) is 0 Å². The molecule has 0 fully saturated rings. The van der Waals surface area contributed by atoms with E-state index in [0.29, 0.717) is 12.8 Å². The topological polar surface area (TPSA) is 57.5 Å². The molecule has 3 nitrogen and oxygen atoms in total. The van der Waals surface area contributed by atoms with Gasteiger partial charge in [-0.05, 0) is 19.8 Å². The molecule has 0 aromatic rings. The molecular weight excluding hydrogens is 132 g/mol. The molecule has 0 saturated heterocycles. The van der Waals surface area contributed by atoms with Crippen LogP contribution < -0.4 is 0 Å². The molecule has 0 heterocycles. The van der Waals surface area contributed by atoms with Gasteiger partial charge in [-0.15, -0.1) is 0 Å². The number of carboxylic acid groups (broad SMARTS) is 1. The van der Waals surface area contributed by atoms with E-state index in [4.69, 9.17) is 10.2 Å². The molecule has 0 aliphatic carbocycles. The van der Waals surface area contributed by atoms with Crippen molar-refractivity contribution in [2.75, 3.05) is 0 Å². The third kappa shape index (κ3) is 4.32. The van der Waals surface area contributed by atoms with Gasteiger partial charge >= 0.3 is 5.97 Å². The summed E-state index contributed by atoms with van der Waals surface area (Å²) in [5.41, 5.74) is 0. The SMILES string of the molecule is CC(O)CC[C@H](C)C(=O)O. The number of rotatable bonds is 4. The van der Waals surface area contributed by atoms with Gasteiger partial charge in [0, 0.05) is 0 Å². The molecule has 0 spiro atoms. The van der Waals surface area contributed by atoms with Crippen LogP contribution in [0.4, 0.5) is 0 Å². The van der Waals surface area contributed by atoms with Crippen molar-refractivity contribution in [3.05, 3.63) is 0 Å². The minimum absolute atomic E-state index is 0.338. The molecular formula is C7H14O3. The van der Waals surface area contributed by atoms with Gasteiger partial charge in [0.25, 0.3) is 0 Å². The molecule has 0 saturated carbocycles. The van der Waals surface area contributed by atoms with Crippen molar-refractivity contribution in [1.29, 1.82) is 0 Å². The highest BCUT2D eigenvalue weighted by Crippen LogP contribution is 2.07. The monoisotopic (exact) mass is 146 g/mol. The molecule has 3 heteroatoms. The molecule has 1 unspecified atom stereocenters. The minimum Gasteiger partial charge on any atom is -0.481 e.